The van der Waals surface area contributed by atoms with Crippen molar-refractivity contribution in [2.45, 2.75) is 116 Å². The molecular formula is C47H50F6N10O5. The number of hydrogen-bond donors (Lipinski definition) is 4. The molecule has 0 bridgehead atoms. The Morgan fingerprint density at radius 3 is 1.50 bits per heavy atom. The molecule has 15 nitrogen and oxygen atoms in total. The molecule has 2 aliphatic rings. The van der Waals surface area contributed by atoms with E-state index in [4.69, 9.17) is 25.7 Å². The lowest BCUT2D eigenvalue weighted by Gasteiger charge is -2.27. The third-order valence-electron chi connectivity index (χ3n) is 12.5. The second-order valence-electron chi connectivity index (χ2n) is 17.5. The second-order valence-corrected chi connectivity index (χ2v) is 17.5. The van der Waals surface area contributed by atoms with Crippen molar-refractivity contribution in [2.24, 2.45) is 11.5 Å². The third kappa shape index (κ3) is 10.1. The number of aromatic nitrogens is 6. The Morgan fingerprint density at radius 2 is 1.06 bits per heavy atom. The van der Waals surface area contributed by atoms with E-state index in [-0.39, 0.29) is 35.3 Å². The minimum atomic E-state index is -4.63. The quantitative estimate of drug-likeness (QED) is 0.0742. The molecule has 6 atom stereocenters. The summed E-state index contributed by atoms with van der Waals surface area (Å²) in [6.07, 6.45) is -3.54. The Hall–Kier alpha value is -6.74. The van der Waals surface area contributed by atoms with Crippen LogP contribution in [0.3, 0.4) is 0 Å². The first kappa shape index (κ1) is 49.2. The van der Waals surface area contributed by atoms with E-state index in [1.807, 2.05) is 41.5 Å². The van der Waals surface area contributed by atoms with Gasteiger partial charge in [0, 0.05) is 53.1 Å². The average molecular weight is 949 g/mol. The van der Waals surface area contributed by atoms with Crippen molar-refractivity contribution >= 4 is 56.8 Å². The van der Waals surface area contributed by atoms with Crippen LogP contribution in [-0.4, -0.2) is 66.8 Å². The molecule has 0 unspecified atom stereocenters. The number of hydrogen-bond acceptors (Lipinski definition) is 15. The highest BCUT2D eigenvalue weighted by Gasteiger charge is 2.37. The molecule has 6 aromatic rings. The highest BCUT2D eigenvalue weighted by molar-refractivity contribution is 5.94. The van der Waals surface area contributed by atoms with Crippen LogP contribution in [0.5, 0.6) is 5.88 Å². The van der Waals surface area contributed by atoms with E-state index in [9.17, 15) is 35.9 Å². The highest BCUT2D eigenvalue weighted by Crippen LogP contribution is 2.39. The van der Waals surface area contributed by atoms with Gasteiger partial charge in [-0.3, -0.25) is 4.98 Å². The number of carbonyl (C=O) groups is 2. The predicted octanol–water partition coefficient (Wildman–Crippen LogP) is 9.99. The molecular weight excluding hydrogens is 899 g/mol. The molecule has 360 valence electrons. The van der Waals surface area contributed by atoms with Crippen molar-refractivity contribution < 1.29 is 50.1 Å². The van der Waals surface area contributed by atoms with Crippen LogP contribution in [0.1, 0.15) is 129 Å². The van der Waals surface area contributed by atoms with Crippen molar-refractivity contribution in [1.82, 2.24) is 29.9 Å². The maximum Gasteiger partial charge on any atom is 0.434 e. The fourth-order valence-electron chi connectivity index (χ4n) is 7.67. The number of rotatable bonds is 10. The SMILES string of the molecule is CC[C@@](C)(N)c1cnc(OCC(F)(F)F)c2cnc(Nc3ccc4c(n3)[C@@H](C)[C@H](C)OC4=O)cc12.CC[C@](C)(N)c1cnc(C(F)(F)F)c2cnc(Nc3ccc4c(n3)[C@@H](C)[C@H](C)OC4=O)cc12. The van der Waals surface area contributed by atoms with E-state index in [2.05, 4.69) is 40.5 Å². The van der Waals surface area contributed by atoms with Gasteiger partial charge in [-0.05, 0) is 98.8 Å². The van der Waals surface area contributed by atoms with E-state index in [0.29, 0.717) is 85.9 Å². The molecule has 21 heteroatoms. The van der Waals surface area contributed by atoms with Gasteiger partial charge in [0.15, 0.2) is 12.3 Å². The van der Waals surface area contributed by atoms with Crippen molar-refractivity contribution in [3.8, 4) is 5.88 Å². The number of esters is 2. The molecule has 0 aliphatic carbocycles. The molecule has 0 fully saturated rings. The molecule has 0 spiro atoms. The number of carbonyl (C=O) groups excluding carboxylic acids is 2. The molecule has 0 saturated heterocycles. The molecule has 8 rings (SSSR count). The van der Waals surface area contributed by atoms with Crippen molar-refractivity contribution in [3.63, 3.8) is 0 Å². The first-order valence-corrected chi connectivity index (χ1v) is 21.7. The number of ether oxygens (including phenoxy) is 3. The molecule has 0 amide bonds. The fraction of sp³-hybridized carbons (Fsp3) is 0.404. The standard InChI is InChI=1S/C24H26F3N5O3.C23H24F3N5O2/c1-5-23(4,28)17-10-30-21(34-11-24(25,26)27)16-9-29-19(8-15(16)17)31-18-7-6-14-20(32-18)12(2)13(3)35-22(14)33;1-5-22(4,27)16-10-29-20(23(24,25)26)15-9-28-18(8-14(15)16)30-17-7-6-13-19(31-17)11(2)12(3)33-21(13)32/h6-10,12-13H,5,11,28H2,1-4H3,(H,29,31,32);6-12H,5,27H2,1-4H3,(H,28,30,31)/t12-,13-,23+;11-,12-,22-/m00/s1. The van der Waals surface area contributed by atoms with Gasteiger partial charge in [0.25, 0.3) is 0 Å². The van der Waals surface area contributed by atoms with Crippen LogP contribution in [0.15, 0.2) is 61.2 Å². The number of alkyl halides is 6. The smallest absolute Gasteiger partial charge is 0.434 e. The maximum atomic E-state index is 13.6. The lowest BCUT2D eigenvalue weighted by atomic mass is 9.88. The lowest BCUT2D eigenvalue weighted by molar-refractivity contribution is -0.153. The summed E-state index contributed by atoms with van der Waals surface area (Å²) < 4.78 is 94.4. The molecule has 0 saturated carbocycles. The lowest BCUT2D eigenvalue weighted by Crippen LogP contribution is -2.32. The number of cyclic esters (lactones) is 2. The summed E-state index contributed by atoms with van der Waals surface area (Å²) in [4.78, 5) is 49.7. The van der Waals surface area contributed by atoms with Crippen LogP contribution >= 0.6 is 0 Å². The predicted molar refractivity (Wildman–Crippen MR) is 241 cm³/mol. The number of pyridine rings is 6. The summed E-state index contributed by atoms with van der Waals surface area (Å²) >= 11 is 0. The Morgan fingerprint density at radius 1 is 0.618 bits per heavy atom. The summed E-state index contributed by atoms with van der Waals surface area (Å²) in [5.74, 6) is 0.315. The molecule has 8 heterocycles. The van der Waals surface area contributed by atoms with Crippen molar-refractivity contribution in [1.29, 1.82) is 0 Å². The van der Waals surface area contributed by atoms with Gasteiger partial charge in [0.05, 0.1) is 27.9 Å². The maximum absolute atomic E-state index is 13.6. The first-order chi connectivity index (χ1) is 31.8. The Labute approximate surface area is 386 Å². The molecule has 6 N–H and O–H groups in total. The number of nitrogens with two attached hydrogens (primary N) is 2. The average Bonchev–Trinajstić information content (AvgIpc) is 3.28. The van der Waals surface area contributed by atoms with Crippen molar-refractivity contribution in [2.75, 3.05) is 17.2 Å². The van der Waals surface area contributed by atoms with E-state index in [1.54, 1.807) is 44.2 Å². The molecule has 0 radical (unpaired) electrons. The zero-order chi connectivity index (χ0) is 49.7. The first-order valence-electron chi connectivity index (χ1n) is 21.7. The van der Waals surface area contributed by atoms with Gasteiger partial charge in [0.2, 0.25) is 5.88 Å². The zero-order valence-corrected chi connectivity index (χ0v) is 38.4. The second kappa shape index (κ2) is 18.4. The Bertz CT molecular complexity index is 2910. The normalized spacial score (nSPS) is 19.9. The molecule has 6 aromatic heterocycles. The van der Waals surface area contributed by atoms with Crippen molar-refractivity contribution in [3.05, 3.63) is 101 Å². The van der Waals surface area contributed by atoms with Gasteiger partial charge >= 0.3 is 24.3 Å². The number of nitrogens with zero attached hydrogens (tertiary/aromatic N) is 6. The van der Waals surface area contributed by atoms with E-state index in [1.165, 1.54) is 24.7 Å². The summed E-state index contributed by atoms with van der Waals surface area (Å²) in [5, 5.41) is 7.20. The summed E-state index contributed by atoms with van der Waals surface area (Å²) in [6, 6.07) is 9.69. The Balaban J connectivity index is 0.000000202. The van der Waals surface area contributed by atoms with Crippen LogP contribution < -0.4 is 26.8 Å². The fourth-order valence-corrected chi connectivity index (χ4v) is 7.67. The summed E-state index contributed by atoms with van der Waals surface area (Å²) in [5.41, 5.74) is 13.3. The van der Waals surface area contributed by atoms with Gasteiger partial charge in [-0.2, -0.15) is 26.3 Å². The largest absolute Gasteiger partial charge is 0.468 e. The third-order valence-corrected chi connectivity index (χ3v) is 12.5. The topological polar surface area (TPSA) is 215 Å². The van der Waals surface area contributed by atoms with Gasteiger partial charge < -0.3 is 36.3 Å². The van der Waals surface area contributed by atoms with Crippen LogP contribution in [0.4, 0.5) is 49.6 Å². The number of fused-ring (bicyclic) bond motifs is 4. The van der Waals surface area contributed by atoms with Gasteiger partial charge in [-0.15, -0.1) is 0 Å². The van der Waals surface area contributed by atoms with Crippen LogP contribution in [0.25, 0.3) is 21.5 Å². The zero-order valence-electron chi connectivity index (χ0n) is 38.4. The minimum absolute atomic E-state index is 0.0949. The van der Waals surface area contributed by atoms with E-state index < -0.39 is 47.7 Å². The monoisotopic (exact) mass is 948 g/mol. The summed E-state index contributed by atoms with van der Waals surface area (Å²) in [6.45, 7) is 13.3. The van der Waals surface area contributed by atoms with Gasteiger partial charge in [0.1, 0.15) is 35.5 Å². The molecule has 0 aromatic carbocycles. The van der Waals surface area contributed by atoms with Crippen LogP contribution in [0.2, 0.25) is 0 Å². The Kier molecular flexibility index (Phi) is 13.3. The van der Waals surface area contributed by atoms with Crippen LogP contribution in [0, 0.1) is 0 Å². The highest BCUT2D eigenvalue weighted by atomic mass is 19.4. The number of nitrogens with one attached hydrogen (secondary N) is 2. The van der Waals surface area contributed by atoms with E-state index in [0.717, 1.165) is 6.20 Å². The van der Waals surface area contributed by atoms with Crippen LogP contribution in [-0.2, 0) is 26.7 Å². The molecule has 2 aliphatic heterocycles. The van der Waals surface area contributed by atoms with Gasteiger partial charge in [-0.25, -0.2) is 34.5 Å². The summed E-state index contributed by atoms with van der Waals surface area (Å²) in [7, 11) is 0. The number of anilines is 4. The minimum Gasteiger partial charge on any atom is -0.468 e. The van der Waals surface area contributed by atoms with E-state index >= 15 is 0 Å². The molecule has 68 heavy (non-hydrogen) atoms. The van der Waals surface area contributed by atoms with Gasteiger partial charge in [-0.1, -0.05) is 27.7 Å². The number of halogens is 6.